The van der Waals surface area contributed by atoms with Gasteiger partial charge in [-0.25, -0.2) is 0 Å². The van der Waals surface area contributed by atoms with E-state index in [1.54, 1.807) is 0 Å². The summed E-state index contributed by atoms with van der Waals surface area (Å²) in [4.78, 5) is 11.2. The van der Waals surface area contributed by atoms with E-state index in [1.807, 2.05) is 6.92 Å². The van der Waals surface area contributed by atoms with Crippen molar-refractivity contribution in [3.05, 3.63) is 0 Å². The van der Waals surface area contributed by atoms with Crippen LogP contribution in [0.5, 0.6) is 0 Å². The van der Waals surface area contributed by atoms with Crippen molar-refractivity contribution in [3.63, 3.8) is 0 Å². The van der Waals surface area contributed by atoms with Gasteiger partial charge in [-0.15, -0.1) is 11.6 Å². The van der Waals surface area contributed by atoms with Crippen molar-refractivity contribution < 1.29 is 22.7 Å². The molecular formula is C9H15ClF3NO2. The van der Waals surface area contributed by atoms with Crippen LogP contribution in [0, 0.1) is 0 Å². The summed E-state index contributed by atoms with van der Waals surface area (Å²) in [5.74, 6) is -0.0688. The van der Waals surface area contributed by atoms with Crippen molar-refractivity contribution >= 4 is 17.5 Å². The molecule has 1 amide bonds. The zero-order valence-electron chi connectivity index (χ0n) is 8.94. The number of ether oxygens (including phenoxy) is 1. The third-order valence-corrected chi connectivity index (χ3v) is 2.16. The summed E-state index contributed by atoms with van der Waals surface area (Å²) in [6.07, 6.45) is -3.76. The van der Waals surface area contributed by atoms with Gasteiger partial charge in [0.2, 0.25) is 5.91 Å². The van der Waals surface area contributed by atoms with Crippen molar-refractivity contribution in [1.82, 2.24) is 5.32 Å². The fraction of sp³-hybridized carbons (Fsp3) is 0.889. The van der Waals surface area contributed by atoms with E-state index in [2.05, 4.69) is 10.1 Å². The first-order valence-corrected chi connectivity index (χ1v) is 5.42. The Morgan fingerprint density at radius 2 is 2.12 bits per heavy atom. The molecule has 0 heterocycles. The second-order valence-corrected chi connectivity index (χ2v) is 3.55. The van der Waals surface area contributed by atoms with E-state index in [-0.39, 0.29) is 30.9 Å². The lowest BCUT2D eigenvalue weighted by atomic mass is 10.2. The Labute approximate surface area is 97.3 Å². The second-order valence-electron chi connectivity index (χ2n) is 3.24. The van der Waals surface area contributed by atoms with Crippen LogP contribution in [0.25, 0.3) is 0 Å². The van der Waals surface area contributed by atoms with E-state index >= 15 is 0 Å². The predicted octanol–water partition coefficient (Wildman–Crippen LogP) is 2.09. The molecule has 3 nitrogen and oxygen atoms in total. The van der Waals surface area contributed by atoms with Crippen molar-refractivity contribution in [3.8, 4) is 0 Å². The van der Waals surface area contributed by atoms with Gasteiger partial charge in [0.15, 0.2) is 0 Å². The Balaban J connectivity index is 3.58. The number of amides is 1. The zero-order valence-corrected chi connectivity index (χ0v) is 9.70. The van der Waals surface area contributed by atoms with Crippen LogP contribution in [0.4, 0.5) is 13.2 Å². The van der Waals surface area contributed by atoms with Crippen molar-refractivity contribution in [2.24, 2.45) is 0 Å². The fourth-order valence-electron chi connectivity index (χ4n) is 0.902. The molecule has 0 rings (SSSR count). The van der Waals surface area contributed by atoms with Gasteiger partial charge in [-0.05, 0) is 6.42 Å². The predicted molar refractivity (Wildman–Crippen MR) is 54.4 cm³/mol. The molecule has 7 heteroatoms. The van der Waals surface area contributed by atoms with Gasteiger partial charge in [-0.2, -0.15) is 13.2 Å². The first-order chi connectivity index (χ1) is 7.39. The highest BCUT2D eigenvalue weighted by atomic mass is 35.5. The smallest absolute Gasteiger partial charge is 0.372 e. The van der Waals surface area contributed by atoms with Gasteiger partial charge in [0.1, 0.15) is 6.61 Å². The topological polar surface area (TPSA) is 38.3 Å². The zero-order chi connectivity index (χ0) is 12.6. The third-order valence-electron chi connectivity index (χ3n) is 1.78. The fourth-order valence-corrected chi connectivity index (χ4v) is 1.20. The molecule has 1 unspecified atom stereocenters. The molecule has 0 aliphatic carbocycles. The molecule has 0 fully saturated rings. The molecule has 1 N–H and O–H groups in total. The van der Waals surface area contributed by atoms with Gasteiger partial charge >= 0.3 is 6.18 Å². The van der Waals surface area contributed by atoms with Crippen LogP contribution in [-0.4, -0.2) is 37.2 Å². The molecule has 0 saturated heterocycles. The monoisotopic (exact) mass is 261 g/mol. The average Bonchev–Trinajstić information content (AvgIpc) is 2.19. The van der Waals surface area contributed by atoms with Crippen LogP contribution in [0.15, 0.2) is 0 Å². The minimum atomic E-state index is -4.35. The molecule has 0 aromatic heterocycles. The summed E-state index contributed by atoms with van der Waals surface area (Å²) in [5.41, 5.74) is 0. The van der Waals surface area contributed by atoms with Gasteiger partial charge in [0.05, 0.1) is 6.61 Å². The Kier molecular flexibility index (Phi) is 7.49. The lowest BCUT2D eigenvalue weighted by Gasteiger charge is -2.13. The summed E-state index contributed by atoms with van der Waals surface area (Å²) in [6, 6.07) is -0.142. The maximum Gasteiger partial charge on any atom is 0.411 e. The lowest BCUT2D eigenvalue weighted by molar-refractivity contribution is -0.174. The molecule has 0 aliphatic rings. The maximum atomic E-state index is 11.7. The van der Waals surface area contributed by atoms with Gasteiger partial charge in [0.25, 0.3) is 0 Å². The summed E-state index contributed by atoms with van der Waals surface area (Å²) in [7, 11) is 0. The normalized spacial score (nSPS) is 13.6. The quantitative estimate of drug-likeness (QED) is 0.563. The molecule has 0 aromatic rings. The molecule has 0 saturated carbocycles. The van der Waals surface area contributed by atoms with Crippen LogP contribution >= 0.6 is 11.6 Å². The number of alkyl halides is 4. The van der Waals surface area contributed by atoms with Crippen LogP contribution < -0.4 is 5.32 Å². The van der Waals surface area contributed by atoms with E-state index in [4.69, 9.17) is 11.6 Å². The van der Waals surface area contributed by atoms with Crippen molar-refractivity contribution in [1.29, 1.82) is 0 Å². The van der Waals surface area contributed by atoms with Crippen LogP contribution in [0.2, 0.25) is 0 Å². The molecule has 1 atom stereocenters. The van der Waals surface area contributed by atoms with E-state index < -0.39 is 12.8 Å². The van der Waals surface area contributed by atoms with E-state index in [9.17, 15) is 18.0 Å². The number of hydrogen-bond acceptors (Lipinski definition) is 2. The molecule has 0 radical (unpaired) electrons. The summed E-state index contributed by atoms with van der Waals surface area (Å²) in [6.45, 7) is 0.282. The first kappa shape index (κ1) is 15.5. The van der Waals surface area contributed by atoms with E-state index in [0.717, 1.165) is 0 Å². The molecule has 0 bridgehead atoms. The third kappa shape index (κ3) is 8.79. The number of halogens is 4. The van der Waals surface area contributed by atoms with Crippen LogP contribution in [0.3, 0.4) is 0 Å². The lowest BCUT2D eigenvalue weighted by Crippen LogP contribution is -2.36. The van der Waals surface area contributed by atoms with Crippen LogP contribution in [0.1, 0.15) is 19.8 Å². The number of hydrogen-bond donors (Lipinski definition) is 1. The summed E-state index contributed by atoms with van der Waals surface area (Å²) >= 11 is 5.54. The molecule has 16 heavy (non-hydrogen) atoms. The number of carbonyl (C=O) groups is 1. The minimum absolute atomic E-state index is 0.0938. The standard InChI is InChI=1S/C9H15ClF3NO2/c1-2-7(5-10)14-8(15)3-4-16-6-9(11,12)13/h7H,2-6H2,1H3,(H,14,15). The first-order valence-electron chi connectivity index (χ1n) is 4.89. The Hall–Kier alpha value is -0.490. The van der Waals surface area contributed by atoms with Crippen molar-refractivity contribution in [2.75, 3.05) is 19.1 Å². The van der Waals surface area contributed by atoms with Gasteiger partial charge in [0, 0.05) is 18.3 Å². The Bertz CT molecular complexity index is 207. The summed E-state index contributed by atoms with van der Waals surface area (Å²) in [5, 5.41) is 2.58. The van der Waals surface area contributed by atoms with Crippen molar-refractivity contribution in [2.45, 2.75) is 32.0 Å². The van der Waals surface area contributed by atoms with Gasteiger partial charge in [-0.1, -0.05) is 6.92 Å². The number of rotatable bonds is 7. The molecule has 0 spiro atoms. The average molecular weight is 262 g/mol. The molecule has 0 aromatic carbocycles. The minimum Gasteiger partial charge on any atom is -0.372 e. The van der Waals surface area contributed by atoms with Gasteiger partial charge < -0.3 is 10.1 Å². The molecular weight excluding hydrogens is 247 g/mol. The largest absolute Gasteiger partial charge is 0.411 e. The van der Waals surface area contributed by atoms with Crippen LogP contribution in [-0.2, 0) is 9.53 Å². The maximum absolute atomic E-state index is 11.7. The van der Waals surface area contributed by atoms with E-state index in [1.165, 1.54) is 0 Å². The number of nitrogens with one attached hydrogen (secondary N) is 1. The Morgan fingerprint density at radius 3 is 2.56 bits per heavy atom. The second kappa shape index (κ2) is 7.73. The highest BCUT2D eigenvalue weighted by molar-refractivity contribution is 6.18. The Morgan fingerprint density at radius 1 is 1.50 bits per heavy atom. The molecule has 0 aliphatic heterocycles. The van der Waals surface area contributed by atoms with E-state index in [0.29, 0.717) is 6.42 Å². The number of carbonyl (C=O) groups excluding carboxylic acids is 1. The highest BCUT2D eigenvalue weighted by Crippen LogP contribution is 2.14. The van der Waals surface area contributed by atoms with Gasteiger partial charge in [-0.3, -0.25) is 4.79 Å². The SMILES string of the molecule is CCC(CCl)NC(=O)CCOCC(F)(F)F. The highest BCUT2D eigenvalue weighted by Gasteiger charge is 2.27. The summed E-state index contributed by atoms with van der Waals surface area (Å²) < 4.78 is 39.3. The molecule has 96 valence electrons.